The molecule has 2 rings (SSSR count). The predicted octanol–water partition coefficient (Wildman–Crippen LogP) is 1.27. The van der Waals surface area contributed by atoms with Crippen LogP contribution in [0.5, 0.6) is 0 Å². The van der Waals surface area contributed by atoms with Gasteiger partial charge in [0.1, 0.15) is 0 Å². The van der Waals surface area contributed by atoms with Gasteiger partial charge in [-0.25, -0.2) is 0 Å². The van der Waals surface area contributed by atoms with E-state index in [1.165, 1.54) is 25.7 Å². The van der Waals surface area contributed by atoms with Crippen molar-refractivity contribution in [1.29, 1.82) is 0 Å². The summed E-state index contributed by atoms with van der Waals surface area (Å²) in [5.41, 5.74) is 0. The molecule has 0 aromatic heterocycles. The monoisotopic (exact) mass is 232 g/mol. The molecule has 2 aliphatic rings. The first-order valence-corrected chi connectivity index (χ1v) is 5.59. The van der Waals surface area contributed by atoms with Crippen LogP contribution in [-0.4, -0.2) is 37.5 Å². The fraction of sp³-hybridized carbons (Fsp3) is 0.909. The Balaban J connectivity index is 0.00000112. The van der Waals surface area contributed by atoms with E-state index in [0.717, 1.165) is 11.8 Å². The Kier molecular flexibility index (Phi) is 4.41. The maximum Gasteiger partial charge on any atom is 0.234 e. The fourth-order valence-corrected chi connectivity index (χ4v) is 2.96. The van der Waals surface area contributed by atoms with Gasteiger partial charge in [0.05, 0.1) is 6.54 Å². The van der Waals surface area contributed by atoms with E-state index < -0.39 is 0 Å². The molecule has 3 unspecified atom stereocenters. The van der Waals surface area contributed by atoms with Gasteiger partial charge in [0.2, 0.25) is 5.91 Å². The number of nitrogens with zero attached hydrogens (tertiary/aromatic N) is 1. The van der Waals surface area contributed by atoms with E-state index in [1.54, 1.807) is 0 Å². The third-order valence-electron chi connectivity index (χ3n) is 3.54. The molecule has 1 N–H and O–H groups in total. The standard InChI is InChI=1S/C11H20N2O.ClH/c1-13(2)7-11(14)12-10-6-8-3-4-9(10)5-8;/h8-10H,3-7H2,1-2H3,(H,12,14);1H. The molecule has 15 heavy (non-hydrogen) atoms. The van der Waals surface area contributed by atoms with Gasteiger partial charge in [-0.05, 0) is 45.2 Å². The summed E-state index contributed by atoms with van der Waals surface area (Å²) in [7, 11) is 3.86. The molecule has 88 valence electrons. The molecule has 1 amide bonds. The van der Waals surface area contributed by atoms with E-state index in [2.05, 4.69) is 5.32 Å². The number of halogens is 1. The summed E-state index contributed by atoms with van der Waals surface area (Å²) in [5, 5.41) is 3.16. The lowest BCUT2D eigenvalue weighted by atomic mass is 9.95. The first-order valence-electron chi connectivity index (χ1n) is 5.59. The summed E-state index contributed by atoms with van der Waals surface area (Å²) >= 11 is 0. The summed E-state index contributed by atoms with van der Waals surface area (Å²) in [6.07, 6.45) is 5.30. The topological polar surface area (TPSA) is 32.3 Å². The highest BCUT2D eigenvalue weighted by Gasteiger charge is 2.39. The quantitative estimate of drug-likeness (QED) is 0.795. The highest BCUT2D eigenvalue weighted by Crippen LogP contribution is 2.44. The summed E-state index contributed by atoms with van der Waals surface area (Å²) in [5.74, 6) is 1.88. The zero-order valence-corrected chi connectivity index (χ0v) is 10.3. The second-order valence-electron chi connectivity index (χ2n) is 5.09. The Morgan fingerprint density at radius 1 is 1.33 bits per heavy atom. The molecule has 0 aromatic carbocycles. The average molecular weight is 233 g/mol. The minimum absolute atomic E-state index is 0. The van der Waals surface area contributed by atoms with E-state index in [4.69, 9.17) is 0 Å². The molecule has 0 aromatic rings. The highest BCUT2D eigenvalue weighted by molar-refractivity contribution is 5.85. The van der Waals surface area contributed by atoms with Crippen LogP contribution in [0.4, 0.5) is 0 Å². The molecule has 3 nitrogen and oxygen atoms in total. The third-order valence-corrected chi connectivity index (χ3v) is 3.54. The van der Waals surface area contributed by atoms with Gasteiger partial charge in [0, 0.05) is 6.04 Å². The van der Waals surface area contributed by atoms with Crippen LogP contribution in [0, 0.1) is 11.8 Å². The minimum atomic E-state index is 0. The van der Waals surface area contributed by atoms with E-state index >= 15 is 0 Å². The summed E-state index contributed by atoms with van der Waals surface area (Å²) < 4.78 is 0. The molecule has 2 aliphatic carbocycles. The van der Waals surface area contributed by atoms with Crippen LogP contribution < -0.4 is 5.32 Å². The number of carbonyl (C=O) groups is 1. The highest BCUT2D eigenvalue weighted by atomic mass is 35.5. The van der Waals surface area contributed by atoms with Crippen LogP contribution in [0.25, 0.3) is 0 Å². The molecule has 0 saturated heterocycles. The Morgan fingerprint density at radius 3 is 2.53 bits per heavy atom. The number of fused-ring (bicyclic) bond motifs is 2. The van der Waals surface area contributed by atoms with Crippen molar-refractivity contribution >= 4 is 18.3 Å². The smallest absolute Gasteiger partial charge is 0.234 e. The van der Waals surface area contributed by atoms with Crippen molar-refractivity contribution < 1.29 is 4.79 Å². The van der Waals surface area contributed by atoms with Crippen LogP contribution in [0.1, 0.15) is 25.7 Å². The van der Waals surface area contributed by atoms with E-state index in [-0.39, 0.29) is 18.3 Å². The molecule has 2 fully saturated rings. The third kappa shape index (κ3) is 3.08. The van der Waals surface area contributed by atoms with Gasteiger partial charge in [-0.15, -0.1) is 12.4 Å². The van der Waals surface area contributed by atoms with Crippen LogP contribution >= 0.6 is 12.4 Å². The zero-order chi connectivity index (χ0) is 10.1. The first-order chi connectivity index (χ1) is 6.65. The summed E-state index contributed by atoms with van der Waals surface area (Å²) in [6, 6.07) is 0.487. The maximum atomic E-state index is 11.5. The second kappa shape index (κ2) is 5.17. The average Bonchev–Trinajstić information content (AvgIpc) is 2.62. The van der Waals surface area contributed by atoms with Crippen LogP contribution in [-0.2, 0) is 4.79 Å². The van der Waals surface area contributed by atoms with Gasteiger partial charge in [-0.2, -0.15) is 0 Å². The van der Waals surface area contributed by atoms with Gasteiger partial charge < -0.3 is 10.2 Å². The second-order valence-corrected chi connectivity index (χ2v) is 5.09. The molecule has 0 aliphatic heterocycles. The minimum Gasteiger partial charge on any atom is -0.352 e. The molecule has 4 heteroatoms. The van der Waals surface area contributed by atoms with Crippen molar-refractivity contribution in [2.24, 2.45) is 11.8 Å². The van der Waals surface area contributed by atoms with Crippen molar-refractivity contribution in [3.8, 4) is 0 Å². The normalized spacial score (nSPS) is 32.9. The lowest BCUT2D eigenvalue weighted by Crippen LogP contribution is -2.42. The number of rotatable bonds is 3. The van der Waals surface area contributed by atoms with Crippen LogP contribution in [0.15, 0.2) is 0 Å². The molecule has 3 atom stereocenters. The number of carbonyl (C=O) groups excluding carboxylic acids is 1. The Morgan fingerprint density at radius 2 is 2.07 bits per heavy atom. The van der Waals surface area contributed by atoms with Gasteiger partial charge >= 0.3 is 0 Å². The maximum absolute atomic E-state index is 11.5. The zero-order valence-electron chi connectivity index (χ0n) is 9.53. The van der Waals surface area contributed by atoms with Gasteiger partial charge in [0.25, 0.3) is 0 Å². The Bertz CT molecular complexity index is 233. The predicted molar refractivity (Wildman–Crippen MR) is 63.2 cm³/mol. The van der Waals surface area contributed by atoms with Crippen LogP contribution in [0.2, 0.25) is 0 Å². The largest absolute Gasteiger partial charge is 0.352 e. The number of likely N-dealkylation sites (N-methyl/N-ethyl adjacent to an activating group) is 1. The fourth-order valence-electron chi connectivity index (χ4n) is 2.96. The number of nitrogens with one attached hydrogen (secondary N) is 1. The lowest BCUT2D eigenvalue weighted by molar-refractivity contribution is -0.122. The molecule has 0 radical (unpaired) electrons. The molecule has 0 spiro atoms. The van der Waals surface area contributed by atoms with E-state index in [9.17, 15) is 4.79 Å². The Hall–Kier alpha value is -0.280. The molecule has 2 saturated carbocycles. The van der Waals surface area contributed by atoms with Crippen molar-refractivity contribution in [2.75, 3.05) is 20.6 Å². The number of amides is 1. The first kappa shape index (κ1) is 12.8. The number of hydrogen-bond acceptors (Lipinski definition) is 2. The van der Waals surface area contributed by atoms with Gasteiger partial charge in [-0.3, -0.25) is 4.79 Å². The van der Waals surface area contributed by atoms with Crippen molar-refractivity contribution in [2.45, 2.75) is 31.7 Å². The molecule has 2 bridgehead atoms. The number of hydrogen-bond donors (Lipinski definition) is 1. The molecular weight excluding hydrogens is 212 g/mol. The van der Waals surface area contributed by atoms with Crippen molar-refractivity contribution in [1.82, 2.24) is 10.2 Å². The summed E-state index contributed by atoms with van der Waals surface area (Å²) in [4.78, 5) is 13.5. The van der Waals surface area contributed by atoms with Crippen molar-refractivity contribution in [3.05, 3.63) is 0 Å². The Labute approximate surface area is 98.0 Å². The lowest BCUT2D eigenvalue weighted by Gasteiger charge is -2.23. The SMILES string of the molecule is CN(C)CC(=O)NC1CC2CCC1C2.Cl. The van der Waals surface area contributed by atoms with E-state index in [0.29, 0.717) is 12.6 Å². The van der Waals surface area contributed by atoms with Gasteiger partial charge in [0.15, 0.2) is 0 Å². The molecule has 0 heterocycles. The van der Waals surface area contributed by atoms with Crippen LogP contribution in [0.3, 0.4) is 0 Å². The van der Waals surface area contributed by atoms with Crippen molar-refractivity contribution in [3.63, 3.8) is 0 Å². The summed E-state index contributed by atoms with van der Waals surface area (Å²) in [6.45, 7) is 0.522. The van der Waals surface area contributed by atoms with E-state index in [1.807, 2.05) is 19.0 Å². The molecular formula is C11H21ClN2O. The van der Waals surface area contributed by atoms with Gasteiger partial charge in [-0.1, -0.05) is 6.42 Å².